The van der Waals surface area contributed by atoms with E-state index in [1.165, 1.54) is 53.0 Å². The van der Waals surface area contributed by atoms with Gasteiger partial charge in [0.1, 0.15) is 0 Å². The minimum absolute atomic E-state index is 0.0134. The van der Waals surface area contributed by atoms with Gasteiger partial charge in [-0.2, -0.15) is 0 Å². The van der Waals surface area contributed by atoms with Gasteiger partial charge in [0.25, 0.3) is 0 Å². The van der Waals surface area contributed by atoms with Gasteiger partial charge in [0.2, 0.25) is 11.7 Å². The van der Waals surface area contributed by atoms with Crippen LogP contribution in [0.5, 0.6) is 11.5 Å². The minimum atomic E-state index is -0.511. The van der Waals surface area contributed by atoms with Gasteiger partial charge in [-0.3, -0.25) is 4.79 Å². The van der Waals surface area contributed by atoms with Crippen LogP contribution in [0.25, 0.3) is 11.0 Å². The van der Waals surface area contributed by atoms with Crippen molar-refractivity contribution in [3.63, 3.8) is 0 Å². The van der Waals surface area contributed by atoms with E-state index in [4.69, 9.17) is 13.9 Å². The number of methoxy groups -OCH3 is 2. The molecule has 4 rings (SSSR count). The Morgan fingerprint density at radius 2 is 1.97 bits per heavy atom. The molecule has 2 aromatic rings. The lowest BCUT2D eigenvalue weighted by molar-refractivity contribution is -0.120. The lowest BCUT2D eigenvalue weighted by Crippen LogP contribution is -2.51. The first kappa shape index (κ1) is 21.7. The van der Waals surface area contributed by atoms with Crippen LogP contribution in [0.15, 0.2) is 21.3 Å². The number of benzene rings is 1. The monoisotopic (exact) mass is 428 g/mol. The molecule has 7 nitrogen and oxygen atoms in total. The van der Waals surface area contributed by atoms with Crippen molar-refractivity contribution >= 4 is 16.9 Å². The summed E-state index contributed by atoms with van der Waals surface area (Å²) in [6.07, 6.45) is 6.13. The van der Waals surface area contributed by atoms with Crippen molar-refractivity contribution in [3.8, 4) is 11.5 Å². The van der Waals surface area contributed by atoms with Crippen LogP contribution in [0.3, 0.4) is 0 Å². The van der Waals surface area contributed by atoms with Crippen LogP contribution in [0.4, 0.5) is 0 Å². The Morgan fingerprint density at radius 1 is 1.16 bits per heavy atom. The molecule has 2 atom stereocenters. The van der Waals surface area contributed by atoms with E-state index in [2.05, 4.69) is 10.2 Å². The van der Waals surface area contributed by atoms with Crippen LogP contribution >= 0.6 is 0 Å². The first-order valence-electron chi connectivity index (χ1n) is 11.2. The van der Waals surface area contributed by atoms with Crippen LogP contribution in [-0.4, -0.2) is 50.7 Å². The van der Waals surface area contributed by atoms with E-state index in [-0.39, 0.29) is 12.3 Å². The summed E-state index contributed by atoms with van der Waals surface area (Å²) in [5.41, 5.74) is 0.953. The van der Waals surface area contributed by atoms with Gasteiger partial charge in [-0.25, -0.2) is 4.79 Å². The zero-order valence-corrected chi connectivity index (χ0v) is 18.7. The van der Waals surface area contributed by atoms with E-state index in [1.54, 1.807) is 6.07 Å². The topological polar surface area (TPSA) is 81.0 Å². The molecule has 0 bridgehead atoms. The lowest BCUT2D eigenvalue weighted by Gasteiger charge is -2.44. The van der Waals surface area contributed by atoms with Crippen molar-refractivity contribution < 1.29 is 18.7 Å². The molecule has 2 fully saturated rings. The zero-order chi connectivity index (χ0) is 22.0. The molecule has 0 aliphatic carbocycles. The fourth-order valence-corrected chi connectivity index (χ4v) is 5.25. The Bertz CT molecular complexity index is 1010. The molecule has 0 radical (unpaired) electrons. The van der Waals surface area contributed by atoms with Crippen molar-refractivity contribution in [1.29, 1.82) is 0 Å². The Morgan fingerprint density at radius 3 is 2.74 bits per heavy atom. The number of aryl methyl sites for hydroxylation is 1. The summed E-state index contributed by atoms with van der Waals surface area (Å²) >= 11 is 0. The average molecular weight is 429 g/mol. The maximum Gasteiger partial charge on any atom is 0.340 e. The standard InChI is InChI=1S/C24H32N2O5/c1-15-17-9-10-20(29-2)23(30-3)22(17)31-24(28)18(15)13-21(27)25-14-16-7-6-12-26-11-5-4-8-19(16)26/h9-10,16,19H,4-8,11-14H2,1-3H3,(H,25,27). The highest BCUT2D eigenvalue weighted by molar-refractivity contribution is 5.89. The van der Waals surface area contributed by atoms with Crippen molar-refractivity contribution in [2.45, 2.75) is 51.5 Å². The fourth-order valence-electron chi connectivity index (χ4n) is 5.25. The number of carbonyl (C=O) groups is 1. The molecule has 0 spiro atoms. The maximum atomic E-state index is 12.7. The number of fused-ring (bicyclic) bond motifs is 2. The van der Waals surface area contributed by atoms with Crippen molar-refractivity contribution in [1.82, 2.24) is 10.2 Å². The Balaban J connectivity index is 1.49. The predicted octanol–water partition coefficient (Wildman–Crippen LogP) is 3.04. The summed E-state index contributed by atoms with van der Waals surface area (Å²) < 4.78 is 16.2. The first-order chi connectivity index (χ1) is 15.0. The number of hydrogen-bond acceptors (Lipinski definition) is 6. The van der Waals surface area contributed by atoms with Gasteiger partial charge in [0, 0.05) is 18.0 Å². The minimum Gasteiger partial charge on any atom is -0.493 e. The number of nitrogens with one attached hydrogen (secondary N) is 1. The highest BCUT2D eigenvalue weighted by Crippen LogP contribution is 2.36. The molecular weight excluding hydrogens is 396 g/mol. The summed E-state index contributed by atoms with van der Waals surface area (Å²) in [7, 11) is 3.04. The summed E-state index contributed by atoms with van der Waals surface area (Å²) in [6.45, 7) is 4.87. The van der Waals surface area contributed by atoms with Crippen LogP contribution < -0.4 is 20.4 Å². The Kier molecular flexibility index (Phi) is 6.51. The predicted molar refractivity (Wildman–Crippen MR) is 119 cm³/mol. The van der Waals surface area contributed by atoms with Gasteiger partial charge in [0.05, 0.1) is 26.2 Å². The van der Waals surface area contributed by atoms with E-state index < -0.39 is 5.63 Å². The number of rotatable bonds is 6. The molecular formula is C24H32N2O5. The highest BCUT2D eigenvalue weighted by atomic mass is 16.5. The fraction of sp³-hybridized carbons (Fsp3) is 0.583. The van der Waals surface area contributed by atoms with Crippen LogP contribution in [0.2, 0.25) is 0 Å². The molecule has 1 amide bonds. The first-order valence-corrected chi connectivity index (χ1v) is 11.2. The SMILES string of the molecule is COc1ccc2c(C)c(CC(=O)NCC3CCCN4CCCCC34)c(=O)oc2c1OC. The van der Waals surface area contributed by atoms with E-state index in [0.29, 0.717) is 41.1 Å². The normalized spacial score (nSPS) is 21.5. The largest absolute Gasteiger partial charge is 0.493 e. The molecule has 1 N–H and O–H groups in total. The molecule has 31 heavy (non-hydrogen) atoms. The molecule has 168 valence electrons. The Labute approximate surface area is 182 Å². The smallest absolute Gasteiger partial charge is 0.340 e. The number of piperidine rings is 2. The maximum absolute atomic E-state index is 12.7. The van der Waals surface area contributed by atoms with Gasteiger partial charge in [0.15, 0.2) is 11.3 Å². The van der Waals surface area contributed by atoms with E-state index in [0.717, 1.165) is 17.4 Å². The van der Waals surface area contributed by atoms with Crippen molar-refractivity contribution in [2.75, 3.05) is 33.9 Å². The van der Waals surface area contributed by atoms with Gasteiger partial charge >= 0.3 is 5.63 Å². The summed E-state index contributed by atoms with van der Waals surface area (Å²) in [5.74, 6) is 1.23. The van der Waals surface area contributed by atoms with E-state index in [1.807, 2.05) is 13.0 Å². The quantitative estimate of drug-likeness (QED) is 0.713. The second-order valence-corrected chi connectivity index (χ2v) is 8.65. The molecule has 2 aliphatic heterocycles. The van der Waals surface area contributed by atoms with Crippen molar-refractivity contribution in [3.05, 3.63) is 33.7 Å². The average Bonchev–Trinajstić information content (AvgIpc) is 2.79. The molecule has 2 saturated heterocycles. The Hall–Kier alpha value is -2.54. The molecule has 0 saturated carbocycles. The lowest BCUT2D eigenvalue weighted by atomic mass is 9.83. The number of amides is 1. The summed E-state index contributed by atoms with van der Waals surface area (Å²) in [6, 6.07) is 4.19. The number of ether oxygens (including phenoxy) is 2. The van der Waals surface area contributed by atoms with Crippen molar-refractivity contribution in [2.24, 2.45) is 5.92 Å². The van der Waals surface area contributed by atoms with Gasteiger partial charge in [-0.15, -0.1) is 0 Å². The summed E-state index contributed by atoms with van der Waals surface area (Å²) in [5, 5.41) is 3.83. The number of nitrogens with zero attached hydrogens (tertiary/aromatic N) is 1. The van der Waals surface area contributed by atoms with E-state index >= 15 is 0 Å². The third-order valence-corrected chi connectivity index (χ3v) is 6.93. The summed E-state index contributed by atoms with van der Waals surface area (Å²) in [4.78, 5) is 28.0. The van der Waals surface area contributed by atoms with Crippen LogP contribution in [0.1, 0.15) is 43.2 Å². The molecule has 2 aliphatic rings. The zero-order valence-electron chi connectivity index (χ0n) is 18.7. The third-order valence-electron chi connectivity index (χ3n) is 6.93. The highest BCUT2D eigenvalue weighted by Gasteiger charge is 2.33. The second-order valence-electron chi connectivity index (χ2n) is 8.65. The van der Waals surface area contributed by atoms with Gasteiger partial charge in [-0.1, -0.05) is 6.42 Å². The second kappa shape index (κ2) is 9.30. The van der Waals surface area contributed by atoms with E-state index in [9.17, 15) is 9.59 Å². The third kappa shape index (κ3) is 4.28. The molecule has 1 aromatic heterocycles. The van der Waals surface area contributed by atoms with Crippen LogP contribution in [0, 0.1) is 12.8 Å². The molecule has 2 unspecified atom stereocenters. The van der Waals surface area contributed by atoms with Gasteiger partial charge in [-0.05, 0) is 69.3 Å². The molecule has 3 heterocycles. The van der Waals surface area contributed by atoms with Gasteiger partial charge < -0.3 is 24.1 Å². The molecule has 1 aromatic carbocycles. The number of hydrogen-bond donors (Lipinski definition) is 1. The van der Waals surface area contributed by atoms with Crippen LogP contribution in [-0.2, 0) is 11.2 Å². The number of carbonyl (C=O) groups excluding carboxylic acids is 1. The molecule has 7 heteroatoms.